The van der Waals surface area contributed by atoms with Crippen molar-refractivity contribution in [3.8, 4) is 0 Å². The minimum Gasteiger partial charge on any atom is -0.318 e. The predicted molar refractivity (Wildman–Crippen MR) is 104 cm³/mol. The number of para-hydroxylation sites is 1. The lowest BCUT2D eigenvalue weighted by Crippen LogP contribution is -2.41. The molecule has 120 valence electrons. The standard InChI is InChI=1S/C18H13ClN2OS2/c19-15-12-6-2-4-8-14(12)24-16(15)17(22)20-18(23)21-10-9-11-5-1-3-7-13(11)21/h1-8H,9-10H2,(H,20,22,23). The van der Waals surface area contributed by atoms with Crippen LogP contribution in [-0.4, -0.2) is 17.6 Å². The Morgan fingerprint density at radius 3 is 2.75 bits per heavy atom. The number of nitrogens with zero attached hydrogens (tertiary/aromatic N) is 1. The van der Waals surface area contributed by atoms with Crippen LogP contribution in [0.15, 0.2) is 48.5 Å². The molecule has 2 aromatic carbocycles. The van der Waals surface area contributed by atoms with Crippen LogP contribution in [0.5, 0.6) is 0 Å². The first kappa shape index (κ1) is 15.6. The Labute approximate surface area is 153 Å². The van der Waals surface area contributed by atoms with Gasteiger partial charge in [-0.25, -0.2) is 0 Å². The molecule has 0 spiro atoms. The second-order valence-corrected chi connectivity index (χ2v) is 7.35. The van der Waals surface area contributed by atoms with Crippen molar-refractivity contribution < 1.29 is 4.79 Å². The van der Waals surface area contributed by atoms with Crippen LogP contribution in [0, 0.1) is 0 Å². The molecule has 1 N–H and O–H groups in total. The van der Waals surface area contributed by atoms with Gasteiger partial charge in [0, 0.05) is 22.3 Å². The van der Waals surface area contributed by atoms with Crippen molar-refractivity contribution in [2.24, 2.45) is 0 Å². The first-order valence-electron chi connectivity index (χ1n) is 7.53. The van der Waals surface area contributed by atoms with Gasteiger partial charge in [-0.05, 0) is 36.3 Å². The Hall–Kier alpha value is -1.95. The van der Waals surface area contributed by atoms with E-state index in [9.17, 15) is 4.79 Å². The normalized spacial score (nSPS) is 13.1. The average molecular weight is 373 g/mol. The summed E-state index contributed by atoms with van der Waals surface area (Å²) in [5.41, 5.74) is 2.30. The summed E-state index contributed by atoms with van der Waals surface area (Å²) in [4.78, 5) is 15.1. The zero-order valence-corrected chi connectivity index (χ0v) is 15.0. The van der Waals surface area contributed by atoms with Crippen LogP contribution in [0.4, 0.5) is 5.69 Å². The molecule has 3 nitrogen and oxygen atoms in total. The Morgan fingerprint density at radius 1 is 1.17 bits per heavy atom. The van der Waals surface area contributed by atoms with Crippen molar-refractivity contribution in [1.82, 2.24) is 5.32 Å². The third-order valence-corrected chi connectivity index (χ3v) is 6.09. The number of benzene rings is 2. The molecule has 0 radical (unpaired) electrons. The van der Waals surface area contributed by atoms with Gasteiger partial charge in [-0.15, -0.1) is 11.3 Å². The lowest BCUT2D eigenvalue weighted by Gasteiger charge is -2.20. The van der Waals surface area contributed by atoms with Crippen LogP contribution in [0.2, 0.25) is 5.02 Å². The molecule has 0 fully saturated rings. The molecule has 2 heterocycles. The molecule has 1 amide bonds. The molecular weight excluding hydrogens is 360 g/mol. The molecular formula is C18H13ClN2OS2. The van der Waals surface area contributed by atoms with E-state index >= 15 is 0 Å². The van der Waals surface area contributed by atoms with Gasteiger partial charge in [-0.1, -0.05) is 48.0 Å². The molecule has 1 aliphatic heterocycles. The zero-order valence-electron chi connectivity index (χ0n) is 12.6. The molecule has 3 aromatic rings. The van der Waals surface area contributed by atoms with Gasteiger partial charge < -0.3 is 4.90 Å². The molecule has 0 unspecified atom stereocenters. The fraction of sp³-hybridized carbons (Fsp3) is 0.111. The largest absolute Gasteiger partial charge is 0.318 e. The van der Waals surface area contributed by atoms with Crippen molar-refractivity contribution in [1.29, 1.82) is 0 Å². The van der Waals surface area contributed by atoms with E-state index in [4.69, 9.17) is 23.8 Å². The zero-order chi connectivity index (χ0) is 16.7. The van der Waals surface area contributed by atoms with Crippen molar-refractivity contribution in [2.75, 3.05) is 11.4 Å². The number of amides is 1. The first-order chi connectivity index (χ1) is 11.6. The van der Waals surface area contributed by atoms with E-state index < -0.39 is 0 Å². The van der Waals surface area contributed by atoms with Crippen molar-refractivity contribution in [3.63, 3.8) is 0 Å². The highest BCUT2D eigenvalue weighted by Crippen LogP contribution is 2.35. The van der Waals surface area contributed by atoms with Crippen LogP contribution < -0.4 is 10.2 Å². The summed E-state index contributed by atoms with van der Waals surface area (Å²) < 4.78 is 0.991. The average Bonchev–Trinajstić information content (AvgIpc) is 3.17. The fourth-order valence-corrected chi connectivity index (χ4v) is 4.63. The second kappa shape index (κ2) is 6.16. The van der Waals surface area contributed by atoms with E-state index in [1.54, 1.807) is 0 Å². The molecule has 1 aromatic heterocycles. The number of rotatable bonds is 1. The number of halogens is 1. The van der Waals surface area contributed by atoms with Gasteiger partial charge in [0.15, 0.2) is 5.11 Å². The molecule has 4 rings (SSSR count). The third-order valence-electron chi connectivity index (χ3n) is 4.09. The third kappa shape index (κ3) is 2.59. The van der Waals surface area contributed by atoms with Gasteiger partial charge >= 0.3 is 0 Å². The molecule has 0 saturated heterocycles. The highest BCUT2D eigenvalue weighted by molar-refractivity contribution is 7.80. The monoisotopic (exact) mass is 372 g/mol. The number of fused-ring (bicyclic) bond motifs is 2. The smallest absolute Gasteiger partial charge is 0.269 e. The maximum atomic E-state index is 12.6. The topological polar surface area (TPSA) is 32.3 Å². The summed E-state index contributed by atoms with van der Waals surface area (Å²) in [5, 5.41) is 4.62. The molecule has 0 aliphatic carbocycles. The Morgan fingerprint density at radius 2 is 1.92 bits per heavy atom. The minimum absolute atomic E-state index is 0.254. The lowest BCUT2D eigenvalue weighted by molar-refractivity contribution is 0.0981. The van der Waals surface area contributed by atoms with Gasteiger partial charge in [0.2, 0.25) is 0 Å². The quantitative estimate of drug-likeness (QED) is 0.632. The number of carbonyl (C=O) groups is 1. The number of thiophene rings is 1. The maximum Gasteiger partial charge on any atom is 0.269 e. The summed E-state index contributed by atoms with van der Waals surface area (Å²) in [6.45, 7) is 0.776. The SMILES string of the molecule is O=C(NC(=S)N1CCc2ccccc21)c1sc2ccccc2c1Cl. The van der Waals surface area contributed by atoms with Crippen LogP contribution in [-0.2, 0) is 6.42 Å². The van der Waals surface area contributed by atoms with E-state index in [1.165, 1.54) is 16.9 Å². The number of carbonyl (C=O) groups excluding carboxylic acids is 1. The Bertz CT molecular complexity index is 967. The molecule has 1 aliphatic rings. The van der Waals surface area contributed by atoms with E-state index in [2.05, 4.69) is 11.4 Å². The van der Waals surface area contributed by atoms with Crippen molar-refractivity contribution in [3.05, 3.63) is 64.0 Å². The molecule has 0 saturated carbocycles. The van der Waals surface area contributed by atoms with Gasteiger partial charge in [0.1, 0.15) is 4.88 Å². The summed E-state index contributed by atoms with van der Waals surface area (Å²) in [6, 6.07) is 15.8. The van der Waals surface area contributed by atoms with Crippen LogP contribution in [0.1, 0.15) is 15.2 Å². The summed E-state index contributed by atoms with van der Waals surface area (Å²) >= 11 is 13.2. The first-order valence-corrected chi connectivity index (χ1v) is 9.13. The van der Waals surface area contributed by atoms with Crippen LogP contribution in [0.3, 0.4) is 0 Å². The van der Waals surface area contributed by atoms with Gasteiger partial charge in [-0.2, -0.15) is 0 Å². The number of hydrogen-bond donors (Lipinski definition) is 1. The Kier molecular flexibility index (Phi) is 4.00. The fourth-order valence-electron chi connectivity index (χ4n) is 2.93. The molecule has 24 heavy (non-hydrogen) atoms. The lowest BCUT2D eigenvalue weighted by atomic mass is 10.2. The second-order valence-electron chi connectivity index (χ2n) is 5.53. The van der Waals surface area contributed by atoms with Gasteiger partial charge in [-0.3, -0.25) is 10.1 Å². The molecule has 0 atom stereocenters. The van der Waals surface area contributed by atoms with Crippen LogP contribution in [0.25, 0.3) is 10.1 Å². The summed E-state index contributed by atoms with van der Waals surface area (Å²) in [6.07, 6.45) is 0.926. The van der Waals surface area contributed by atoms with Gasteiger partial charge in [0.05, 0.1) is 5.02 Å². The number of hydrogen-bond acceptors (Lipinski definition) is 3. The Balaban J connectivity index is 1.58. The number of anilines is 1. The highest BCUT2D eigenvalue weighted by atomic mass is 35.5. The molecule has 0 bridgehead atoms. The van der Waals surface area contributed by atoms with E-state index in [1.807, 2.05) is 47.4 Å². The van der Waals surface area contributed by atoms with Crippen molar-refractivity contribution >= 4 is 61.9 Å². The summed E-state index contributed by atoms with van der Waals surface area (Å²) in [7, 11) is 0. The van der Waals surface area contributed by atoms with E-state index in [-0.39, 0.29) is 5.91 Å². The van der Waals surface area contributed by atoms with Crippen LogP contribution >= 0.6 is 35.2 Å². The number of nitrogens with one attached hydrogen (secondary N) is 1. The van der Waals surface area contributed by atoms with Gasteiger partial charge in [0.25, 0.3) is 5.91 Å². The summed E-state index contributed by atoms with van der Waals surface area (Å²) in [5.74, 6) is -0.254. The maximum absolute atomic E-state index is 12.6. The molecule has 6 heteroatoms. The van der Waals surface area contributed by atoms with E-state index in [0.29, 0.717) is 15.0 Å². The highest BCUT2D eigenvalue weighted by Gasteiger charge is 2.24. The van der Waals surface area contributed by atoms with E-state index in [0.717, 1.165) is 28.7 Å². The van der Waals surface area contributed by atoms with Crippen molar-refractivity contribution in [2.45, 2.75) is 6.42 Å². The predicted octanol–water partition coefficient (Wildman–Crippen LogP) is 4.63. The number of thiocarbonyl (C=S) groups is 1. The minimum atomic E-state index is -0.254.